The van der Waals surface area contributed by atoms with Crippen LogP contribution in [-0.2, 0) is 6.54 Å². The summed E-state index contributed by atoms with van der Waals surface area (Å²) < 4.78 is 0. The lowest BCUT2D eigenvalue weighted by atomic mass is 10.1. The van der Waals surface area contributed by atoms with Gasteiger partial charge in [0.25, 0.3) is 0 Å². The molecule has 106 valence electrons. The number of nitriles is 1. The summed E-state index contributed by atoms with van der Waals surface area (Å²) in [5, 5.41) is 9.40. The fourth-order valence-electron chi connectivity index (χ4n) is 3.50. The van der Waals surface area contributed by atoms with E-state index in [9.17, 15) is 5.26 Å². The molecular formula is C16H22N4. The summed E-state index contributed by atoms with van der Waals surface area (Å²) in [5.74, 6) is 0. The number of nitrogens with two attached hydrogens (primary N) is 1. The predicted molar refractivity (Wildman–Crippen MR) is 80.5 cm³/mol. The standard InChI is InChI=1S/C16H22N4/c17-10-13-4-5-16(14(9-13)11-18)20-8-2-7-19-6-1-3-15(19)12-20/h4-5,9,15H,1-3,6-8,10,12,17H2. The van der Waals surface area contributed by atoms with Gasteiger partial charge < -0.3 is 10.6 Å². The van der Waals surface area contributed by atoms with E-state index in [4.69, 9.17) is 5.73 Å². The Morgan fingerprint density at radius 3 is 2.90 bits per heavy atom. The minimum Gasteiger partial charge on any atom is -0.369 e. The van der Waals surface area contributed by atoms with E-state index in [2.05, 4.69) is 21.9 Å². The maximum atomic E-state index is 9.40. The Hall–Kier alpha value is -1.57. The highest BCUT2D eigenvalue weighted by atomic mass is 15.3. The van der Waals surface area contributed by atoms with Crippen LogP contribution in [0.2, 0.25) is 0 Å². The molecule has 20 heavy (non-hydrogen) atoms. The highest BCUT2D eigenvalue weighted by molar-refractivity contribution is 5.60. The third-order valence-electron chi connectivity index (χ3n) is 4.56. The van der Waals surface area contributed by atoms with Gasteiger partial charge in [-0.15, -0.1) is 0 Å². The fourth-order valence-corrected chi connectivity index (χ4v) is 3.50. The zero-order valence-corrected chi connectivity index (χ0v) is 11.9. The Morgan fingerprint density at radius 1 is 1.25 bits per heavy atom. The molecule has 0 spiro atoms. The average Bonchev–Trinajstić information content (AvgIpc) is 2.83. The summed E-state index contributed by atoms with van der Waals surface area (Å²) in [5.41, 5.74) is 8.54. The second-order valence-corrected chi connectivity index (χ2v) is 5.80. The van der Waals surface area contributed by atoms with Crippen molar-refractivity contribution in [3.05, 3.63) is 29.3 Å². The summed E-state index contributed by atoms with van der Waals surface area (Å²) in [7, 11) is 0. The molecule has 2 fully saturated rings. The third kappa shape index (κ3) is 2.52. The molecule has 0 aromatic heterocycles. The highest BCUT2D eigenvalue weighted by Crippen LogP contribution is 2.27. The van der Waals surface area contributed by atoms with Crippen LogP contribution in [0.15, 0.2) is 18.2 Å². The van der Waals surface area contributed by atoms with Gasteiger partial charge in [-0.1, -0.05) is 6.07 Å². The molecule has 3 rings (SSSR count). The summed E-state index contributed by atoms with van der Waals surface area (Å²) in [6, 6.07) is 9.06. The van der Waals surface area contributed by atoms with Crippen LogP contribution in [0.25, 0.3) is 0 Å². The van der Waals surface area contributed by atoms with Crippen molar-refractivity contribution in [1.82, 2.24) is 4.90 Å². The van der Waals surface area contributed by atoms with Crippen LogP contribution in [0.5, 0.6) is 0 Å². The molecular weight excluding hydrogens is 248 g/mol. The van der Waals surface area contributed by atoms with E-state index in [1.165, 1.54) is 32.4 Å². The lowest BCUT2D eigenvalue weighted by Crippen LogP contribution is -2.36. The predicted octanol–water partition coefficient (Wildman–Crippen LogP) is 1.69. The number of hydrogen-bond donors (Lipinski definition) is 1. The van der Waals surface area contributed by atoms with E-state index in [1.807, 2.05) is 12.1 Å². The highest BCUT2D eigenvalue weighted by Gasteiger charge is 2.29. The molecule has 2 aliphatic rings. The molecule has 1 aromatic carbocycles. The van der Waals surface area contributed by atoms with Gasteiger partial charge in [0.15, 0.2) is 0 Å². The summed E-state index contributed by atoms with van der Waals surface area (Å²) in [4.78, 5) is 5.01. The van der Waals surface area contributed by atoms with Crippen LogP contribution >= 0.6 is 0 Å². The first kappa shape index (κ1) is 13.4. The summed E-state index contributed by atoms with van der Waals surface area (Å²) in [6.07, 6.45) is 3.79. The Labute approximate surface area is 120 Å². The quantitative estimate of drug-likeness (QED) is 0.888. The summed E-state index contributed by atoms with van der Waals surface area (Å²) >= 11 is 0. The van der Waals surface area contributed by atoms with Crippen LogP contribution in [0, 0.1) is 11.3 Å². The van der Waals surface area contributed by atoms with E-state index in [0.29, 0.717) is 12.6 Å². The largest absolute Gasteiger partial charge is 0.369 e. The minimum absolute atomic E-state index is 0.491. The second kappa shape index (κ2) is 5.82. The Balaban J connectivity index is 1.86. The van der Waals surface area contributed by atoms with Gasteiger partial charge in [-0.3, -0.25) is 4.90 Å². The molecule has 2 aliphatic heterocycles. The van der Waals surface area contributed by atoms with Crippen molar-refractivity contribution in [1.29, 1.82) is 5.26 Å². The van der Waals surface area contributed by atoms with Crippen molar-refractivity contribution < 1.29 is 0 Å². The number of fused-ring (bicyclic) bond motifs is 1. The van der Waals surface area contributed by atoms with Crippen LogP contribution in [0.3, 0.4) is 0 Å². The molecule has 1 atom stereocenters. The maximum Gasteiger partial charge on any atom is 0.101 e. The molecule has 0 aliphatic carbocycles. The summed E-state index contributed by atoms with van der Waals surface area (Å²) in [6.45, 7) is 5.03. The van der Waals surface area contributed by atoms with E-state index >= 15 is 0 Å². The zero-order chi connectivity index (χ0) is 13.9. The Morgan fingerprint density at radius 2 is 2.10 bits per heavy atom. The van der Waals surface area contributed by atoms with Gasteiger partial charge in [-0.25, -0.2) is 0 Å². The molecule has 1 aromatic rings. The van der Waals surface area contributed by atoms with Crippen LogP contribution < -0.4 is 10.6 Å². The Bertz CT molecular complexity index is 520. The van der Waals surface area contributed by atoms with Crippen LogP contribution in [0.4, 0.5) is 5.69 Å². The van der Waals surface area contributed by atoms with Crippen molar-refractivity contribution in [2.24, 2.45) is 5.73 Å². The van der Waals surface area contributed by atoms with Crippen molar-refractivity contribution in [3.63, 3.8) is 0 Å². The molecule has 0 bridgehead atoms. The van der Waals surface area contributed by atoms with Gasteiger partial charge in [0.05, 0.1) is 11.3 Å². The van der Waals surface area contributed by atoms with Crippen molar-refractivity contribution in [2.75, 3.05) is 31.1 Å². The van der Waals surface area contributed by atoms with Crippen LogP contribution in [0.1, 0.15) is 30.4 Å². The SMILES string of the molecule is N#Cc1cc(CN)ccc1N1CCCN2CCCC2C1. The van der Waals surface area contributed by atoms with E-state index < -0.39 is 0 Å². The van der Waals surface area contributed by atoms with Gasteiger partial charge >= 0.3 is 0 Å². The number of rotatable bonds is 2. The van der Waals surface area contributed by atoms with Gasteiger partial charge in [0.1, 0.15) is 6.07 Å². The fraction of sp³-hybridized carbons (Fsp3) is 0.562. The molecule has 4 heteroatoms. The van der Waals surface area contributed by atoms with Gasteiger partial charge in [0.2, 0.25) is 0 Å². The van der Waals surface area contributed by atoms with Gasteiger partial charge in [-0.2, -0.15) is 5.26 Å². The third-order valence-corrected chi connectivity index (χ3v) is 4.56. The molecule has 2 saturated heterocycles. The molecule has 4 nitrogen and oxygen atoms in total. The van der Waals surface area contributed by atoms with Crippen LogP contribution in [-0.4, -0.2) is 37.1 Å². The molecule has 0 radical (unpaired) electrons. The molecule has 1 unspecified atom stereocenters. The lowest BCUT2D eigenvalue weighted by molar-refractivity contribution is 0.273. The Kier molecular flexibility index (Phi) is 3.90. The van der Waals surface area contributed by atoms with Crippen molar-refractivity contribution in [2.45, 2.75) is 31.8 Å². The molecule has 0 amide bonds. The minimum atomic E-state index is 0.491. The molecule has 0 saturated carbocycles. The monoisotopic (exact) mass is 270 g/mol. The smallest absolute Gasteiger partial charge is 0.101 e. The number of hydrogen-bond acceptors (Lipinski definition) is 4. The van der Waals surface area contributed by atoms with E-state index in [1.54, 1.807) is 0 Å². The molecule has 2 N–H and O–H groups in total. The van der Waals surface area contributed by atoms with Gasteiger partial charge in [0, 0.05) is 32.2 Å². The first-order valence-corrected chi connectivity index (χ1v) is 7.54. The topological polar surface area (TPSA) is 56.3 Å². The van der Waals surface area contributed by atoms with E-state index in [-0.39, 0.29) is 0 Å². The normalized spacial score (nSPS) is 23.2. The maximum absolute atomic E-state index is 9.40. The second-order valence-electron chi connectivity index (χ2n) is 5.80. The first-order chi connectivity index (χ1) is 9.81. The first-order valence-electron chi connectivity index (χ1n) is 7.54. The van der Waals surface area contributed by atoms with Crippen molar-refractivity contribution in [3.8, 4) is 6.07 Å². The van der Waals surface area contributed by atoms with Crippen molar-refractivity contribution >= 4 is 5.69 Å². The number of benzene rings is 1. The molecule has 2 heterocycles. The average molecular weight is 270 g/mol. The zero-order valence-electron chi connectivity index (χ0n) is 11.9. The van der Waals surface area contributed by atoms with Gasteiger partial charge in [-0.05, 0) is 43.5 Å². The lowest BCUT2D eigenvalue weighted by Gasteiger charge is -2.28. The number of nitrogens with zero attached hydrogens (tertiary/aromatic N) is 3. The number of anilines is 1. The van der Waals surface area contributed by atoms with E-state index in [0.717, 1.165) is 29.9 Å².